The summed E-state index contributed by atoms with van der Waals surface area (Å²) in [5, 5.41) is 11.4. The van der Waals surface area contributed by atoms with Crippen LogP contribution in [0.15, 0.2) is 30.8 Å². The van der Waals surface area contributed by atoms with E-state index in [-0.39, 0.29) is 17.1 Å². The number of aromatic nitrogens is 1. The van der Waals surface area contributed by atoms with E-state index >= 15 is 0 Å². The third-order valence-corrected chi connectivity index (χ3v) is 7.60. The normalized spacial score (nSPS) is 25.6. The topological polar surface area (TPSA) is 42.4 Å². The van der Waals surface area contributed by atoms with Crippen LogP contribution in [0.1, 0.15) is 117 Å². The molecule has 31 heavy (non-hydrogen) atoms. The molecule has 1 saturated carbocycles. The smallest absolute Gasteiger partial charge is 0.111 e. The second kappa shape index (κ2) is 7.28. The van der Waals surface area contributed by atoms with E-state index in [9.17, 15) is 5.11 Å². The molecule has 3 aliphatic rings. The zero-order chi connectivity index (χ0) is 22.0. The van der Waals surface area contributed by atoms with Crippen LogP contribution < -0.4 is 0 Å². The molecule has 1 fully saturated rings. The summed E-state index contributed by atoms with van der Waals surface area (Å²) in [7, 11) is 0. The highest BCUT2D eigenvalue weighted by Crippen LogP contribution is 2.59. The minimum absolute atomic E-state index is 0.0596. The van der Waals surface area contributed by atoms with Gasteiger partial charge in [0.2, 0.25) is 0 Å². The van der Waals surface area contributed by atoms with Crippen molar-refractivity contribution in [1.82, 2.24) is 4.98 Å². The minimum Gasteiger partial charge on any atom is -0.388 e. The van der Waals surface area contributed by atoms with E-state index in [0.717, 1.165) is 48.2 Å². The van der Waals surface area contributed by atoms with Crippen LogP contribution in [0.5, 0.6) is 0 Å². The van der Waals surface area contributed by atoms with Gasteiger partial charge in [0.15, 0.2) is 0 Å². The number of aliphatic hydroxyl groups is 1. The van der Waals surface area contributed by atoms with Crippen LogP contribution in [-0.4, -0.2) is 10.1 Å². The molecule has 1 aromatic carbocycles. The summed E-state index contributed by atoms with van der Waals surface area (Å²) < 4.78 is 7.02. The summed E-state index contributed by atoms with van der Waals surface area (Å²) in [6.07, 6.45) is 7.41. The molecular weight excluding hydrogens is 382 g/mol. The Kier molecular flexibility index (Phi) is 4.91. The van der Waals surface area contributed by atoms with E-state index < -0.39 is 6.10 Å². The van der Waals surface area contributed by atoms with Gasteiger partial charge in [-0.1, -0.05) is 77.5 Å². The fraction of sp³-hybridized carbons (Fsp3) is 0.536. The van der Waals surface area contributed by atoms with E-state index in [0.29, 0.717) is 5.92 Å². The third kappa shape index (κ3) is 3.29. The Balaban J connectivity index is 1.77. The second-order valence-corrected chi connectivity index (χ2v) is 10.9. The summed E-state index contributed by atoms with van der Waals surface area (Å²) in [5.74, 6) is 0.302. The molecule has 1 aliphatic heterocycles. The van der Waals surface area contributed by atoms with Crippen molar-refractivity contribution in [2.75, 3.05) is 0 Å². The Morgan fingerprint density at radius 3 is 2.42 bits per heavy atom. The van der Waals surface area contributed by atoms with Gasteiger partial charge in [-0.15, -0.1) is 0 Å². The van der Waals surface area contributed by atoms with Crippen LogP contribution in [0.4, 0.5) is 0 Å². The number of hydrogen-bond donors (Lipinski definition) is 1. The Labute approximate surface area is 186 Å². The maximum atomic E-state index is 11.4. The molecule has 3 heteroatoms. The Hall–Kier alpha value is -1.97. The Bertz CT molecular complexity index is 1010. The molecule has 5 rings (SSSR count). The van der Waals surface area contributed by atoms with Crippen molar-refractivity contribution in [2.45, 2.75) is 89.9 Å². The molecule has 164 valence electrons. The monoisotopic (exact) mass is 417 g/mol. The molecule has 2 unspecified atom stereocenters. The van der Waals surface area contributed by atoms with Gasteiger partial charge in [-0.3, -0.25) is 4.98 Å². The van der Waals surface area contributed by atoms with Crippen molar-refractivity contribution in [3.05, 3.63) is 70.0 Å². The zero-order valence-electron chi connectivity index (χ0n) is 19.4. The van der Waals surface area contributed by atoms with Crippen molar-refractivity contribution >= 4 is 6.08 Å². The summed E-state index contributed by atoms with van der Waals surface area (Å²) in [6.45, 7) is 12.8. The quantitative estimate of drug-likeness (QED) is 0.601. The molecule has 2 heterocycles. The molecule has 0 radical (unpaired) electrons. The summed E-state index contributed by atoms with van der Waals surface area (Å²) in [5.41, 5.74) is 7.93. The van der Waals surface area contributed by atoms with Gasteiger partial charge in [-0.05, 0) is 53.7 Å². The Morgan fingerprint density at radius 2 is 1.81 bits per heavy atom. The first-order chi connectivity index (χ1) is 14.7. The van der Waals surface area contributed by atoms with Crippen molar-refractivity contribution < 1.29 is 9.84 Å². The first kappa shape index (κ1) is 20.9. The zero-order valence-corrected chi connectivity index (χ0v) is 19.4. The van der Waals surface area contributed by atoms with Crippen LogP contribution in [-0.2, 0) is 16.8 Å². The minimum atomic E-state index is -0.468. The fourth-order valence-corrected chi connectivity index (χ4v) is 6.22. The molecule has 1 spiro atoms. The van der Waals surface area contributed by atoms with Gasteiger partial charge in [0.05, 0.1) is 11.7 Å². The number of hydrogen-bond acceptors (Lipinski definition) is 3. The fourth-order valence-electron chi connectivity index (χ4n) is 6.22. The molecule has 2 atom stereocenters. The van der Waals surface area contributed by atoms with Crippen LogP contribution >= 0.6 is 0 Å². The van der Waals surface area contributed by atoms with Gasteiger partial charge in [-0.2, -0.15) is 0 Å². The number of benzene rings is 1. The van der Waals surface area contributed by atoms with E-state index in [4.69, 9.17) is 9.72 Å². The van der Waals surface area contributed by atoms with Gasteiger partial charge in [0.1, 0.15) is 6.10 Å². The highest BCUT2D eigenvalue weighted by molar-refractivity contribution is 5.55. The molecule has 0 amide bonds. The summed E-state index contributed by atoms with van der Waals surface area (Å²) in [6, 6.07) is 8.57. The SMILES string of the molecule is C=Cc1ccc(C2OC3(CCCC3)c3c4c(nc(C(C)C)c32)CC(C)(C)CC4O)cc1. The van der Waals surface area contributed by atoms with E-state index in [2.05, 4.69) is 58.5 Å². The predicted octanol–water partition coefficient (Wildman–Crippen LogP) is 6.74. The van der Waals surface area contributed by atoms with Crippen LogP contribution in [0.2, 0.25) is 0 Å². The molecule has 2 aliphatic carbocycles. The van der Waals surface area contributed by atoms with Crippen LogP contribution in [0.3, 0.4) is 0 Å². The van der Waals surface area contributed by atoms with Gasteiger partial charge < -0.3 is 9.84 Å². The van der Waals surface area contributed by atoms with Crippen molar-refractivity contribution in [1.29, 1.82) is 0 Å². The third-order valence-electron chi connectivity index (χ3n) is 7.60. The Morgan fingerprint density at radius 1 is 1.13 bits per heavy atom. The van der Waals surface area contributed by atoms with Crippen LogP contribution in [0.25, 0.3) is 6.08 Å². The van der Waals surface area contributed by atoms with Crippen molar-refractivity contribution in [2.24, 2.45) is 5.41 Å². The van der Waals surface area contributed by atoms with Gasteiger partial charge in [0.25, 0.3) is 0 Å². The lowest BCUT2D eigenvalue weighted by Gasteiger charge is -2.38. The van der Waals surface area contributed by atoms with Crippen molar-refractivity contribution in [3.8, 4) is 0 Å². The number of ether oxygens (including phenoxy) is 1. The average molecular weight is 418 g/mol. The second-order valence-electron chi connectivity index (χ2n) is 10.9. The van der Waals surface area contributed by atoms with E-state index in [1.54, 1.807) is 0 Å². The van der Waals surface area contributed by atoms with Crippen LogP contribution in [0, 0.1) is 5.41 Å². The summed E-state index contributed by atoms with van der Waals surface area (Å²) in [4.78, 5) is 5.24. The molecular formula is C28H35NO2. The summed E-state index contributed by atoms with van der Waals surface area (Å²) >= 11 is 0. The highest BCUT2D eigenvalue weighted by Gasteiger charge is 2.52. The van der Waals surface area contributed by atoms with Gasteiger partial charge in [-0.25, -0.2) is 0 Å². The number of pyridine rings is 1. The average Bonchev–Trinajstić information content (AvgIpc) is 3.32. The predicted molar refractivity (Wildman–Crippen MR) is 125 cm³/mol. The van der Waals surface area contributed by atoms with E-state index in [1.165, 1.54) is 29.5 Å². The molecule has 1 N–H and O–H groups in total. The lowest BCUT2D eigenvalue weighted by molar-refractivity contribution is -0.0580. The van der Waals surface area contributed by atoms with Crippen molar-refractivity contribution in [3.63, 3.8) is 0 Å². The maximum absolute atomic E-state index is 11.4. The van der Waals surface area contributed by atoms with E-state index in [1.807, 2.05) is 6.08 Å². The number of rotatable bonds is 3. The number of nitrogens with zero attached hydrogens (tertiary/aromatic N) is 1. The largest absolute Gasteiger partial charge is 0.388 e. The van der Waals surface area contributed by atoms with Gasteiger partial charge >= 0.3 is 0 Å². The van der Waals surface area contributed by atoms with Gasteiger partial charge in [0, 0.05) is 22.5 Å². The highest BCUT2D eigenvalue weighted by atomic mass is 16.5. The molecule has 1 aromatic heterocycles. The standard InChI is InChI=1S/C28H35NO2/c1-6-18-9-11-19(12-10-18)26-23-24(28(31-26)13-7-8-14-28)22-20(29-25(23)17(2)3)15-27(4,5)16-21(22)30/h6,9-12,17,21,26,30H,1,7-8,13-16H2,2-5H3. The molecule has 3 nitrogen and oxygen atoms in total. The first-order valence-corrected chi connectivity index (χ1v) is 11.9. The molecule has 0 bridgehead atoms. The molecule has 2 aromatic rings. The number of aliphatic hydroxyl groups excluding tert-OH is 1. The lowest BCUT2D eigenvalue weighted by atomic mass is 9.70. The lowest BCUT2D eigenvalue weighted by Crippen LogP contribution is -2.32. The number of fused-ring (bicyclic) bond motifs is 4. The molecule has 0 saturated heterocycles. The first-order valence-electron chi connectivity index (χ1n) is 11.9. The maximum Gasteiger partial charge on any atom is 0.111 e.